The highest BCUT2D eigenvalue weighted by molar-refractivity contribution is 6.10. The fourth-order valence-electron chi connectivity index (χ4n) is 1.03. The number of nitrogen functional groups attached to an aromatic ring is 1. The quantitative estimate of drug-likeness (QED) is 0.453. The summed E-state index contributed by atoms with van der Waals surface area (Å²) in [5.41, 5.74) is 5.98. The lowest BCUT2D eigenvalue weighted by molar-refractivity contribution is 1.15. The van der Waals surface area contributed by atoms with Crippen LogP contribution in [0.1, 0.15) is 0 Å². The van der Waals surface area contributed by atoms with E-state index in [0.29, 0.717) is 11.2 Å². The number of nitrogens with one attached hydrogen (secondary N) is 1. The summed E-state index contributed by atoms with van der Waals surface area (Å²) >= 11 is 0. The summed E-state index contributed by atoms with van der Waals surface area (Å²) in [5.74, 6) is 0.130. The average molecular weight is 181 g/mol. The predicted octanol–water partition coefficient (Wildman–Crippen LogP) is -2.17. The molecule has 0 spiro atoms. The second-order valence-corrected chi connectivity index (χ2v) is 3.44. The Morgan fingerprint density at radius 1 is 1.67 bits per heavy atom. The molecule has 0 aromatic carbocycles. The van der Waals surface area contributed by atoms with E-state index in [1.54, 1.807) is 10.6 Å². The minimum absolute atomic E-state index is 0.130. The van der Waals surface area contributed by atoms with E-state index in [1.165, 1.54) is 0 Å². The molecule has 62 valence electrons. The number of H-pyrrole nitrogens is 1. The highest BCUT2D eigenvalue weighted by Crippen LogP contribution is 2.02. The summed E-state index contributed by atoms with van der Waals surface area (Å²) in [7, 11) is 0.738. The molecular formula is C5H7N5OSi. The van der Waals surface area contributed by atoms with E-state index >= 15 is 0 Å². The van der Waals surface area contributed by atoms with E-state index in [9.17, 15) is 4.79 Å². The van der Waals surface area contributed by atoms with Gasteiger partial charge in [0.25, 0.3) is 5.56 Å². The van der Waals surface area contributed by atoms with Crippen molar-refractivity contribution in [1.82, 2.24) is 19.2 Å². The van der Waals surface area contributed by atoms with Crippen LogP contribution in [0.2, 0.25) is 0 Å². The van der Waals surface area contributed by atoms with Crippen molar-refractivity contribution in [2.45, 2.75) is 0 Å². The second kappa shape index (κ2) is 2.17. The standard InChI is InChI=1S/C5H7N5OSi/c6-5-8-3-2(4(11)9-5)7-1-10(3)12/h1H,12H3,(H3,6,8,9,11). The molecule has 2 rings (SSSR count). The molecule has 0 unspecified atom stereocenters. The van der Waals surface area contributed by atoms with E-state index in [0.717, 1.165) is 10.4 Å². The van der Waals surface area contributed by atoms with Gasteiger partial charge in [-0.15, -0.1) is 0 Å². The van der Waals surface area contributed by atoms with Crippen LogP contribution < -0.4 is 11.3 Å². The van der Waals surface area contributed by atoms with Crippen molar-refractivity contribution in [3.63, 3.8) is 0 Å². The topological polar surface area (TPSA) is 89.6 Å². The first kappa shape index (κ1) is 7.04. The molecule has 3 N–H and O–H groups in total. The Morgan fingerprint density at radius 2 is 2.42 bits per heavy atom. The second-order valence-electron chi connectivity index (χ2n) is 2.48. The van der Waals surface area contributed by atoms with Crippen LogP contribution in [0.5, 0.6) is 0 Å². The Morgan fingerprint density at radius 3 is 3.17 bits per heavy atom. The first-order valence-electron chi connectivity index (χ1n) is 3.35. The highest BCUT2D eigenvalue weighted by Gasteiger charge is 2.05. The summed E-state index contributed by atoms with van der Waals surface area (Å²) in [6, 6.07) is 0. The van der Waals surface area contributed by atoms with Crippen LogP contribution in [-0.4, -0.2) is 29.6 Å². The van der Waals surface area contributed by atoms with Crippen molar-refractivity contribution in [3.05, 3.63) is 16.7 Å². The maximum Gasteiger partial charge on any atom is 0.280 e. The van der Waals surface area contributed by atoms with Crippen LogP contribution in [0.3, 0.4) is 0 Å². The Hall–Kier alpha value is -1.63. The lowest BCUT2D eigenvalue weighted by Crippen LogP contribution is -2.11. The summed E-state index contributed by atoms with van der Waals surface area (Å²) in [4.78, 5) is 21.4. The van der Waals surface area contributed by atoms with E-state index in [-0.39, 0.29) is 11.5 Å². The van der Waals surface area contributed by atoms with Crippen LogP contribution >= 0.6 is 0 Å². The molecule has 0 radical (unpaired) electrons. The fraction of sp³-hybridized carbons (Fsp3) is 0. The number of nitrogens with zero attached hydrogens (tertiary/aromatic N) is 3. The minimum Gasteiger partial charge on any atom is -0.369 e. The highest BCUT2D eigenvalue weighted by atomic mass is 28.2. The van der Waals surface area contributed by atoms with Crippen LogP contribution in [0, 0.1) is 0 Å². The molecular weight excluding hydrogens is 174 g/mol. The lowest BCUT2D eigenvalue weighted by Gasteiger charge is -1.93. The van der Waals surface area contributed by atoms with Crippen molar-refractivity contribution in [2.75, 3.05) is 5.73 Å². The minimum atomic E-state index is -0.285. The van der Waals surface area contributed by atoms with E-state index in [4.69, 9.17) is 5.73 Å². The third-order valence-corrected chi connectivity index (χ3v) is 2.24. The molecule has 0 saturated heterocycles. The van der Waals surface area contributed by atoms with Gasteiger partial charge in [0.2, 0.25) is 5.95 Å². The maximum atomic E-state index is 11.2. The number of rotatable bonds is 0. The number of aromatic nitrogens is 4. The molecule has 0 aliphatic carbocycles. The summed E-state index contributed by atoms with van der Waals surface area (Å²) in [6.07, 6.45) is 1.58. The zero-order valence-electron chi connectivity index (χ0n) is 6.40. The Kier molecular flexibility index (Phi) is 1.28. The molecule has 2 aromatic rings. The molecule has 2 heterocycles. The number of hydrogen-bond acceptors (Lipinski definition) is 4. The zero-order chi connectivity index (χ0) is 8.72. The number of hydrogen-bond donors (Lipinski definition) is 2. The number of fused-ring (bicyclic) bond motifs is 1. The summed E-state index contributed by atoms with van der Waals surface area (Å²) in [6.45, 7) is 0. The molecule has 0 bridgehead atoms. The SMILES string of the molecule is Nc1nc2c(ncn2[SiH3])c(=O)[nH]1. The van der Waals surface area contributed by atoms with Crippen LogP contribution in [0.15, 0.2) is 11.1 Å². The van der Waals surface area contributed by atoms with E-state index < -0.39 is 0 Å². The molecule has 2 aromatic heterocycles. The summed E-state index contributed by atoms with van der Waals surface area (Å²) in [5, 5.41) is 0. The fourth-order valence-corrected chi connectivity index (χ4v) is 1.46. The summed E-state index contributed by atoms with van der Waals surface area (Å²) < 4.78 is 1.78. The number of imidazole rings is 1. The Labute approximate surface area is 69.9 Å². The van der Waals surface area contributed by atoms with E-state index in [2.05, 4.69) is 15.0 Å². The van der Waals surface area contributed by atoms with Crippen molar-refractivity contribution in [1.29, 1.82) is 0 Å². The van der Waals surface area contributed by atoms with Gasteiger partial charge in [-0.1, -0.05) is 0 Å². The largest absolute Gasteiger partial charge is 0.369 e. The van der Waals surface area contributed by atoms with Gasteiger partial charge in [-0.2, -0.15) is 4.98 Å². The van der Waals surface area contributed by atoms with Crippen molar-refractivity contribution in [3.8, 4) is 0 Å². The molecule has 0 atom stereocenters. The van der Waals surface area contributed by atoms with Gasteiger partial charge < -0.3 is 9.97 Å². The van der Waals surface area contributed by atoms with E-state index in [1.807, 2.05) is 0 Å². The third kappa shape index (κ3) is 0.832. The number of anilines is 1. The van der Waals surface area contributed by atoms with Crippen LogP contribution in [0.25, 0.3) is 11.2 Å². The molecule has 0 saturated carbocycles. The van der Waals surface area contributed by atoms with Gasteiger partial charge in [0, 0.05) is 0 Å². The molecule has 7 heteroatoms. The van der Waals surface area contributed by atoms with Gasteiger partial charge in [0.1, 0.15) is 10.4 Å². The monoisotopic (exact) mass is 181 g/mol. The van der Waals surface area contributed by atoms with Gasteiger partial charge in [-0.25, -0.2) is 4.98 Å². The Balaban J connectivity index is 3.03. The van der Waals surface area contributed by atoms with Gasteiger partial charge in [-0.05, 0) is 0 Å². The van der Waals surface area contributed by atoms with Crippen LogP contribution in [-0.2, 0) is 0 Å². The molecule has 12 heavy (non-hydrogen) atoms. The maximum absolute atomic E-state index is 11.2. The predicted molar refractivity (Wildman–Crippen MR) is 47.9 cm³/mol. The lowest BCUT2D eigenvalue weighted by atomic mass is 10.5. The van der Waals surface area contributed by atoms with Crippen molar-refractivity contribution >= 4 is 27.5 Å². The third-order valence-electron chi connectivity index (χ3n) is 1.59. The van der Waals surface area contributed by atoms with Crippen molar-refractivity contribution in [2.24, 2.45) is 0 Å². The van der Waals surface area contributed by atoms with Gasteiger partial charge in [0.15, 0.2) is 11.2 Å². The van der Waals surface area contributed by atoms with Crippen LogP contribution in [0.4, 0.5) is 5.95 Å². The van der Waals surface area contributed by atoms with Gasteiger partial charge in [0.05, 0.1) is 6.33 Å². The van der Waals surface area contributed by atoms with Crippen molar-refractivity contribution < 1.29 is 0 Å². The van der Waals surface area contributed by atoms with Gasteiger partial charge >= 0.3 is 0 Å². The van der Waals surface area contributed by atoms with Gasteiger partial charge in [-0.3, -0.25) is 9.78 Å². The number of nitrogens with two attached hydrogens (primary N) is 1. The molecule has 0 aliphatic heterocycles. The smallest absolute Gasteiger partial charge is 0.280 e. The zero-order valence-corrected chi connectivity index (χ0v) is 8.40. The molecule has 0 fully saturated rings. The Bertz CT molecular complexity index is 486. The first-order chi connectivity index (χ1) is 5.68. The normalized spacial score (nSPS) is 11.0. The number of aromatic amines is 1. The molecule has 6 nitrogen and oxygen atoms in total. The molecule has 0 aliphatic rings. The first-order valence-corrected chi connectivity index (χ1v) is 4.25. The molecule has 0 amide bonds. The average Bonchev–Trinajstić information content (AvgIpc) is 2.33.